The van der Waals surface area contributed by atoms with E-state index in [2.05, 4.69) is 20.7 Å². The highest BCUT2D eigenvalue weighted by atomic mass is 32.1. The molecular formula is C11H19N5S. The van der Waals surface area contributed by atoms with Crippen LogP contribution in [0, 0.1) is 0 Å². The molecule has 2 rings (SSSR count). The predicted molar refractivity (Wildman–Crippen MR) is 70.6 cm³/mol. The third-order valence-corrected chi connectivity index (χ3v) is 3.70. The van der Waals surface area contributed by atoms with Crippen molar-refractivity contribution in [3.63, 3.8) is 0 Å². The van der Waals surface area contributed by atoms with E-state index in [-0.39, 0.29) is 0 Å². The van der Waals surface area contributed by atoms with E-state index in [0.29, 0.717) is 18.5 Å². The first-order chi connectivity index (χ1) is 8.38. The van der Waals surface area contributed by atoms with Crippen LogP contribution in [0.1, 0.15) is 37.1 Å². The van der Waals surface area contributed by atoms with E-state index in [1.807, 2.05) is 5.38 Å². The summed E-state index contributed by atoms with van der Waals surface area (Å²) < 4.78 is 0. The van der Waals surface area contributed by atoms with E-state index in [1.54, 1.807) is 17.5 Å². The summed E-state index contributed by atoms with van der Waals surface area (Å²) in [6, 6.07) is 0.509. The molecule has 0 atom stereocenters. The highest BCUT2D eigenvalue weighted by molar-refractivity contribution is 7.09. The maximum Gasteiger partial charge on any atom is 0.206 e. The number of hydrogen-bond donors (Lipinski definition) is 3. The minimum atomic E-state index is 0.509. The van der Waals surface area contributed by atoms with E-state index in [1.165, 1.54) is 32.1 Å². The van der Waals surface area contributed by atoms with Gasteiger partial charge in [0.25, 0.3) is 0 Å². The Bertz CT molecular complexity index is 343. The molecule has 0 unspecified atom stereocenters. The van der Waals surface area contributed by atoms with Crippen LogP contribution in [0.25, 0.3) is 0 Å². The molecule has 0 spiro atoms. The van der Waals surface area contributed by atoms with Crippen molar-refractivity contribution < 1.29 is 0 Å². The van der Waals surface area contributed by atoms with Gasteiger partial charge >= 0.3 is 0 Å². The van der Waals surface area contributed by atoms with Crippen molar-refractivity contribution in [3.8, 4) is 0 Å². The van der Waals surface area contributed by atoms with Gasteiger partial charge < -0.3 is 5.32 Å². The average Bonchev–Trinajstić information content (AvgIpc) is 2.89. The van der Waals surface area contributed by atoms with Gasteiger partial charge in [-0.25, -0.2) is 15.8 Å². The molecule has 0 amide bonds. The number of nitrogens with two attached hydrogens (primary N) is 1. The Morgan fingerprint density at radius 2 is 2.29 bits per heavy atom. The molecule has 1 aromatic heterocycles. The summed E-state index contributed by atoms with van der Waals surface area (Å²) in [5.41, 5.74) is 2.63. The first-order valence-corrected chi connectivity index (χ1v) is 6.92. The molecule has 6 heteroatoms. The van der Waals surface area contributed by atoms with Crippen LogP contribution >= 0.6 is 11.3 Å². The van der Waals surface area contributed by atoms with Crippen molar-refractivity contribution in [1.82, 2.24) is 15.7 Å². The highest BCUT2D eigenvalue weighted by Crippen LogP contribution is 2.17. The van der Waals surface area contributed by atoms with Crippen LogP contribution in [-0.4, -0.2) is 17.0 Å². The van der Waals surface area contributed by atoms with Crippen molar-refractivity contribution in [1.29, 1.82) is 0 Å². The molecule has 0 bridgehead atoms. The van der Waals surface area contributed by atoms with Gasteiger partial charge in [-0.3, -0.25) is 5.43 Å². The summed E-state index contributed by atoms with van der Waals surface area (Å²) in [6.07, 6.45) is 8.14. The molecule has 1 heterocycles. The smallest absolute Gasteiger partial charge is 0.206 e. The number of hydrogen-bond acceptors (Lipinski definition) is 4. The number of nitrogens with zero attached hydrogens (tertiary/aromatic N) is 2. The third-order valence-electron chi connectivity index (χ3n) is 2.94. The van der Waals surface area contributed by atoms with Gasteiger partial charge in [-0.2, -0.15) is 0 Å². The summed E-state index contributed by atoms with van der Waals surface area (Å²) in [5.74, 6) is 6.14. The fourth-order valence-corrected chi connectivity index (χ4v) is 2.59. The lowest BCUT2D eigenvalue weighted by Gasteiger charge is -2.24. The van der Waals surface area contributed by atoms with Crippen LogP contribution in [0.3, 0.4) is 0 Å². The lowest BCUT2D eigenvalue weighted by atomic mass is 9.96. The first-order valence-electron chi connectivity index (χ1n) is 6.04. The molecule has 0 aliphatic heterocycles. The van der Waals surface area contributed by atoms with Gasteiger partial charge in [0, 0.05) is 17.6 Å². The van der Waals surface area contributed by atoms with Crippen molar-refractivity contribution in [2.45, 2.75) is 44.7 Å². The fraction of sp³-hybridized carbons (Fsp3) is 0.636. The van der Waals surface area contributed by atoms with Gasteiger partial charge in [0.15, 0.2) is 0 Å². The molecule has 94 valence electrons. The molecule has 1 aromatic rings. The largest absolute Gasteiger partial charge is 0.353 e. The Balaban J connectivity index is 1.84. The van der Waals surface area contributed by atoms with Crippen molar-refractivity contribution in [3.05, 3.63) is 16.6 Å². The lowest BCUT2D eigenvalue weighted by molar-refractivity contribution is 0.410. The Kier molecular flexibility index (Phi) is 4.75. The molecule has 17 heavy (non-hydrogen) atoms. The van der Waals surface area contributed by atoms with Gasteiger partial charge in [-0.15, -0.1) is 11.3 Å². The summed E-state index contributed by atoms with van der Waals surface area (Å²) in [5, 5.41) is 6.32. The lowest BCUT2D eigenvalue weighted by Crippen LogP contribution is -2.47. The summed E-state index contributed by atoms with van der Waals surface area (Å²) in [7, 11) is 0. The summed E-state index contributed by atoms with van der Waals surface area (Å²) in [4.78, 5) is 8.58. The number of rotatable bonds is 3. The van der Waals surface area contributed by atoms with E-state index >= 15 is 0 Å². The number of aliphatic imine (C=N–C) groups is 1. The number of thiazole rings is 1. The molecule has 1 aliphatic rings. The van der Waals surface area contributed by atoms with E-state index < -0.39 is 0 Å². The Labute approximate surface area is 106 Å². The molecule has 1 fully saturated rings. The summed E-state index contributed by atoms with van der Waals surface area (Å²) >= 11 is 1.61. The second-order valence-corrected chi connectivity index (χ2v) is 5.19. The normalized spacial score (nSPS) is 18.1. The highest BCUT2D eigenvalue weighted by Gasteiger charge is 2.14. The standard InChI is InChI=1S/C11H19N5S/c12-16-11(14-8-10-13-6-7-17-10)15-9-4-2-1-3-5-9/h6-7,9H,1-5,8,12H2,(H2,14,15,16). The van der Waals surface area contributed by atoms with Crippen LogP contribution in [0.15, 0.2) is 16.6 Å². The van der Waals surface area contributed by atoms with Crippen molar-refractivity contribution in [2.75, 3.05) is 0 Å². The van der Waals surface area contributed by atoms with E-state index in [9.17, 15) is 0 Å². The molecule has 0 radical (unpaired) electrons. The van der Waals surface area contributed by atoms with Gasteiger partial charge in [-0.1, -0.05) is 19.3 Å². The van der Waals surface area contributed by atoms with Crippen LogP contribution in [0.5, 0.6) is 0 Å². The molecule has 1 saturated carbocycles. The van der Waals surface area contributed by atoms with Crippen LogP contribution in [-0.2, 0) is 6.54 Å². The van der Waals surface area contributed by atoms with Crippen molar-refractivity contribution >= 4 is 17.3 Å². The SMILES string of the molecule is NNC(=NCc1nccs1)NC1CCCCC1. The minimum Gasteiger partial charge on any atom is -0.353 e. The maximum atomic E-state index is 5.47. The molecule has 0 saturated heterocycles. The number of guanidine groups is 1. The van der Waals surface area contributed by atoms with Crippen LogP contribution in [0.4, 0.5) is 0 Å². The second-order valence-electron chi connectivity index (χ2n) is 4.21. The average molecular weight is 253 g/mol. The monoisotopic (exact) mass is 253 g/mol. The molecule has 1 aliphatic carbocycles. The Morgan fingerprint density at radius 3 is 2.94 bits per heavy atom. The summed E-state index contributed by atoms with van der Waals surface area (Å²) in [6.45, 7) is 0.580. The number of hydrazine groups is 1. The predicted octanol–water partition coefficient (Wildman–Crippen LogP) is 1.38. The van der Waals surface area contributed by atoms with E-state index in [4.69, 9.17) is 5.84 Å². The third kappa shape index (κ3) is 3.98. The van der Waals surface area contributed by atoms with Gasteiger partial charge in [0.1, 0.15) is 5.01 Å². The van der Waals surface area contributed by atoms with Gasteiger partial charge in [0.05, 0.1) is 6.54 Å². The Hall–Kier alpha value is -1.14. The fourth-order valence-electron chi connectivity index (χ4n) is 2.05. The van der Waals surface area contributed by atoms with Gasteiger partial charge in [0.2, 0.25) is 5.96 Å². The zero-order valence-electron chi connectivity index (χ0n) is 9.85. The quantitative estimate of drug-likeness (QED) is 0.329. The molecule has 5 nitrogen and oxygen atoms in total. The van der Waals surface area contributed by atoms with Crippen molar-refractivity contribution in [2.24, 2.45) is 10.8 Å². The topological polar surface area (TPSA) is 75.3 Å². The second kappa shape index (κ2) is 6.56. The van der Waals surface area contributed by atoms with E-state index in [0.717, 1.165) is 5.01 Å². The van der Waals surface area contributed by atoms with Crippen LogP contribution < -0.4 is 16.6 Å². The zero-order valence-corrected chi connectivity index (χ0v) is 10.7. The molecule has 4 N–H and O–H groups in total. The zero-order chi connectivity index (χ0) is 11.9. The number of aromatic nitrogens is 1. The minimum absolute atomic E-state index is 0.509. The molecule has 0 aromatic carbocycles. The Morgan fingerprint density at radius 1 is 1.47 bits per heavy atom. The molecular weight excluding hydrogens is 234 g/mol. The number of nitrogens with one attached hydrogen (secondary N) is 2. The first kappa shape index (κ1) is 12.3. The maximum absolute atomic E-state index is 5.47. The van der Waals surface area contributed by atoms with Crippen LogP contribution in [0.2, 0.25) is 0 Å². The van der Waals surface area contributed by atoms with Gasteiger partial charge in [-0.05, 0) is 12.8 Å².